The smallest absolute Gasteiger partial charge is 0.394 e. The number of nitrogens with two attached hydrogens (primary N) is 1. The summed E-state index contributed by atoms with van der Waals surface area (Å²) in [7, 11) is -5.56. The van der Waals surface area contributed by atoms with Gasteiger partial charge in [0, 0.05) is 5.92 Å². The molecule has 41 heavy (non-hydrogen) atoms. The molecule has 0 radical (unpaired) electrons. The number of nitrogen functional groups attached to an aromatic ring is 1. The highest BCUT2D eigenvalue weighted by Gasteiger charge is 2.47. The number of aliphatic hydroxyl groups is 7. The molecule has 234 valence electrons. The Morgan fingerprint density at radius 1 is 1.17 bits per heavy atom. The van der Waals surface area contributed by atoms with Crippen LogP contribution in [-0.2, 0) is 34.5 Å². The highest BCUT2D eigenvalue weighted by Crippen LogP contribution is 2.61. The summed E-state index contributed by atoms with van der Waals surface area (Å²) >= 11 is 4.61. The monoisotopic (exact) mass is 653 g/mol. The highest BCUT2D eigenvalue weighted by molar-refractivity contribution is 8.08. The number of hydrogen-bond donors (Lipinski definition) is 10. The Kier molecular flexibility index (Phi) is 11.3. The summed E-state index contributed by atoms with van der Waals surface area (Å²) in [5, 5.41) is 68.7. The Hall–Kier alpha value is -1.36. The van der Waals surface area contributed by atoms with Gasteiger partial charge >= 0.3 is 14.5 Å². The van der Waals surface area contributed by atoms with E-state index >= 15 is 0 Å². The van der Waals surface area contributed by atoms with E-state index in [1.165, 1.54) is 17.8 Å². The molecule has 0 aliphatic carbocycles. The average molecular weight is 653 g/mol. The molecule has 0 bridgehead atoms. The van der Waals surface area contributed by atoms with Crippen molar-refractivity contribution in [2.24, 2.45) is 5.92 Å². The fraction of sp³-hybridized carbons (Fsp3) is 0.722. The predicted octanol–water partition coefficient (Wildman–Crippen LogP) is -3.24. The van der Waals surface area contributed by atoms with Crippen LogP contribution in [0.1, 0.15) is 13.2 Å². The van der Waals surface area contributed by atoms with Gasteiger partial charge in [-0.2, -0.15) is 0 Å². The molecule has 19 nitrogen and oxygen atoms in total. The van der Waals surface area contributed by atoms with Crippen LogP contribution in [0.5, 0.6) is 0 Å². The Balaban J connectivity index is 1.58. The van der Waals surface area contributed by atoms with E-state index in [2.05, 4.69) is 35.6 Å². The third-order valence-electron chi connectivity index (χ3n) is 6.12. The van der Waals surface area contributed by atoms with Gasteiger partial charge < -0.3 is 60.5 Å². The molecular formula is C18H30FN5O14P2S. The highest BCUT2D eigenvalue weighted by atomic mass is 32.5. The van der Waals surface area contributed by atoms with Crippen LogP contribution in [0.2, 0.25) is 0 Å². The van der Waals surface area contributed by atoms with Crippen molar-refractivity contribution in [3.8, 4) is 0 Å². The summed E-state index contributed by atoms with van der Waals surface area (Å²) in [4.78, 5) is 31.8. The fourth-order valence-electron chi connectivity index (χ4n) is 3.74. The fourth-order valence-corrected chi connectivity index (χ4v) is 6.80. The number of aliphatic hydroxyl groups excluding tert-OH is 7. The van der Waals surface area contributed by atoms with Gasteiger partial charge in [-0.05, 0) is 11.8 Å². The number of aromatic nitrogens is 4. The summed E-state index contributed by atoms with van der Waals surface area (Å²) in [6, 6.07) is 0. The molecule has 0 saturated carbocycles. The summed E-state index contributed by atoms with van der Waals surface area (Å²) in [5.41, 5.74) is 5.98. The van der Waals surface area contributed by atoms with E-state index in [1.807, 2.05) is 0 Å². The van der Waals surface area contributed by atoms with Gasteiger partial charge in [-0.3, -0.25) is 9.09 Å². The molecule has 1 aliphatic rings. The van der Waals surface area contributed by atoms with Crippen LogP contribution < -0.4 is 5.73 Å². The SMILES string of the molecule is CC(C(O)C(O)C(O)C(O)OP(=O)(O)OP(O)(=S)OCC1OC(n2cnc3c(N)ncnc32)C(O)C1F)[C@H](O)CO. The van der Waals surface area contributed by atoms with Gasteiger partial charge in [0.05, 0.1) is 31.7 Å². The maximum atomic E-state index is 14.8. The lowest BCUT2D eigenvalue weighted by molar-refractivity contribution is -0.181. The van der Waals surface area contributed by atoms with Crippen molar-refractivity contribution in [2.45, 2.75) is 62.2 Å². The van der Waals surface area contributed by atoms with Crippen molar-refractivity contribution in [3.05, 3.63) is 12.7 Å². The molecule has 1 aliphatic heterocycles. The minimum absolute atomic E-state index is 0.0186. The molecule has 2 aromatic heterocycles. The second kappa shape index (κ2) is 13.5. The molecule has 11 N–H and O–H groups in total. The first kappa shape index (κ1) is 34.1. The zero-order valence-corrected chi connectivity index (χ0v) is 23.6. The average Bonchev–Trinajstić information content (AvgIpc) is 3.45. The second-order valence-corrected chi connectivity index (χ2v) is 13.4. The molecule has 0 amide bonds. The van der Waals surface area contributed by atoms with Crippen molar-refractivity contribution in [1.82, 2.24) is 19.5 Å². The van der Waals surface area contributed by atoms with Crippen molar-refractivity contribution in [1.29, 1.82) is 0 Å². The molecule has 0 spiro atoms. The molecule has 1 saturated heterocycles. The van der Waals surface area contributed by atoms with E-state index in [9.17, 15) is 49.4 Å². The molecule has 23 heteroatoms. The topological polar surface area (TPSA) is 306 Å². The first-order chi connectivity index (χ1) is 19.0. The number of alkyl halides is 1. The number of nitrogens with zero attached hydrogens (tertiary/aromatic N) is 4. The van der Waals surface area contributed by atoms with E-state index in [1.54, 1.807) is 0 Å². The van der Waals surface area contributed by atoms with Crippen LogP contribution in [-0.4, -0.2) is 127 Å². The van der Waals surface area contributed by atoms with Crippen LogP contribution in [0.15, 0.2) is 12.7 Å². The lowest BCUT2D eigenvalue weighted by Crippen LogP contribution is -2.49. The molecular weight excluding hydrogens is 623 g/mol. The van der Waals surface area contributed by atoms with E-state index in [0.29, 0.717) is 0 Å². The van der Waals surface area contributed by atoms with Crippen LogP contribution in [0.25, 0.3) is 11.2 Å². The van der Waals surface area contributed by atoms with Gasteiger partial charge in [0.1, 0.15) is 36.3 Å². The number of phosphoric ester groups is 1. The van der Waals surface area contributed by atoms with Gasteiger partial charge in [0.2, 0.25) is 0 Å². The summed E-state index contributed by atoms with van der Waals surface area (Å²) in [6.07, 6.45) is -15.5. The zero-order chi connectivity index (χ0) is 30.9. The number of imidazole rings is 1. The maximum Gasteiger partial charge on any atom is 0.481 e. The van der Waals surface area contributed by atoms with Crippen molar-refractivity contribution < 1.29 is 72.6 Å². The first-order valence-corrected chi connectivity index (χ1v) is 15.7. The van der Waals surface area contributed by atoms with Crippen molar-refractivity contribution in [3.63, 3.8) is 0 Å². The minimum atomic E-state index is -5.56. The molecule has 12 atom stereocenters. The summed E-state index contributed by atoms with van der Waals surface area (Å²) in [6.45, 7) is -5.28. The van der Waals surface area contributed by atoms with Gasteiger partial charge in [0.15, 0.2) is 30.2 Å². The molecule has 3 rings (SSSR count). The Morgan fingerprint density at radius 2 is 1.83 bits per heavy atom. The van der Waals surface area contributed by atoms with Crippen molar-refractivity contribution in [2.75, 3.05) is 18.9 Å². The largest absolute Gasteiger partial charge is 0.481 e. The van der Waals surface area contributed by atoms with Gasteiger partial charge in [-0.1, -0.05) is 6.92 Å². The first-order valence-electron chi connectivity index (χ1n) is 11.6. The van der Waals surface area contributed by atoms with Crippen LogP contribution in [0.4, 0.5) is 10.2 Å². The summed E-state index contributed by atoms with van der Waals surface area (Å²) < 4.78 is 47.1. The Labute approximate surface area is 235 Å². The third-order valence-corrected chi connectivity index (χ3v) is 9.65. The number of fused-ring (bicyclic) bond motifs is 1. The molecule has 0 aromatic carbocycles. The number of rotatable bonds is 14. The van der Waals surface area contributed by atoms with Gasteiger partial charge in [-0.25, -0.2) is 28.2 Å². The maximum absolute atomic E-state index is 14.8. The standard InChI is InChI=1S/C18H30FN5O14P2S/c1-6(7(26)2-25)11(27)13(29)14(30)18(31)37-39(32,33)38-40(34,41)35-3-8-9(19)12(28)17(36-8)24-5-23-10-15(20)21-4-22-16(10)24/h4-9,11-14,17-18,25-31H,2-3H2,1H3,(H,32,33)(H,34,41)(H2,20,21,22)/t6?,7-,8?,9?,11?,12?,13?,14?,17?,18?,40?/m1/s1. The van der Waals surface area contributed by atoms with Crippen LogP contribution in [0, 0.1) is 5.92 Å². The molecule has 3 heterocycles. The normalized spacial score (nSPS) is 28.9. The lowest BCUT2D eigenvalue weighted by Gasteiger charge is -2.31. The van der Waals surface area contributed by atoms with Crippen LogP contribution in [0.3, 0.4) is 0 Å². The zero-order valence-electron chi connectivity index (χ0n) is 21.0. The summed E-state index contributed by atoms with van der Waals surface area (Å²) in [5.74, 6) is -1.20. The van der Waals surface area contributed by atoms with E-state index < -0.39 is 89.0 Å². The van der Waals surface area contributed by atoms with E-state index in [0.717, 1.165) is 6.33 Å². The number of anilines is 1. The predicted molar refractivity (Wildman–Crippen MR) is 135 cm³/mol. The Bertz CT molecular complexity index is 1280. The molecule has 2 aromatic rings. The number of ether oxygens (including phenoxy) is 1. The van der Waals surface area contributed by atoms with E-state index in [4.69, 9.17) is 20.1 Å². The second-order valence-electron chi connectivity index (χ2n) is 8.97. The quantitative estimate of drug-likeness (QED) is 0.0707. The van der Waals surface area contributed by atoms with Gasteiger partial charge in [-0.15, -0.1) is 0 Å². The molecule has 11 unspecified atom stereocenters. The number of phosphoric acid groups is 1. The molecule has 1 fully saturated rings. The van der Waals surface area contributed by atoms with Gasteiger partial charge in [0.25, 0.3) is 0 Å². The minimum Gasteiger partial charge on any atom is -0.394 e. The Morgan fingerprint density at radius 3 is 2.46 bits per heavy atom. The number of halogens is 1. The van der Waals surface area contributed by atoms with Crippen molar-refractivity contribution >= 4 is 43.3 Å². The van der Waals surface area contributed by atoms with Crippen LogP contribution >= 0.6 is 14.5 Å². The third kappa shape index (κ3) is 7.98. The van der Waals surface area contributed by atoms with E-state index in [-0.39, 0.29) is 17.0 Å². The lowest BCUT2D eigenvalue weighted by atomic mass is 9.92. The number of hydrogen-bond acceptors (Lipinski definition) is 17.